The number of nitrogens with zero attached hydrogens (tertiary/aromatic N) is 3. The van der Waals surface area contributed by atoms with Gasteiger partial charge in [0.2, 0.25) is 11.9 Å². The Balaban J connectivity index is 2.02. The second-order valence-electron chi connectivity index (χ2n) is 4.03. The molecule has 3 N–H and O–H groups in total. The molecule has 0 unspecified atom stereocenters. The van der Waals surface area contributed by atoms with E-state index in [0.29, 0.717) is 0 Å². The number of amides is 1. The molecule has 7 heteroatoms. The number of rotatable bonds is 4. The van der Waals surface area contributed by atoms with Crippen molar-refractivity contribution in [3.05, 3.63) is 30.1 Å². The first-order chi connectivity index (χ1) is 9.08. The first-order valence-corrected chi connectivity index (χ1v) is 5.68. The van der Waals surface area contributed by atoms with E-state index in [4.69, 9.17) is 10.5 Å². The quantitative estimate of drug-likeness (QED) is 0.849. The predicted octanol–water partition coefficient (Wildman–Crippen LogP) is 0.816. The van der Waals surface area contributed by atoms with Crippen molar-refractivity contribution in [2.24, 2.45) is 0 Å². The SMILES string of the molecule is COc1ccc(NC(=O)Cn2cnc(N)n2)c(C)c1. The Morgan fingerprint density at radius 2 is 2.32 bits per heavy atom. The van der Waals surface area contributed by atoms with Gasteiger partial charge in [-0.25, -0.2) is 9.67 Å². The number of benzene rings is 1. The minimum absolute atomic E-state index is 0.0651. The molecule has 1 aromatic heterocycles. The summed E-state index contributed by atoms with van der Waals surface area (Å²) < 4.78 is 6.48. The second kappa shape index (κ2) is 5.38. The number of ether oxygens (including phenoxy) is 1. The Bertz CT molecular complexity index is 594. The molecular weight excluding hydrogens is 246 g/mol. The molecule has 0 aliphatic rings. The molecule has 0 saturated carbocycles. The zero-order valence-corrected chi connectivity index (χ0v) is 10.8. The number of nitrogen functional groups attached to an aromatic ring is 1. The Kier molecular flexibility index (Phi) is 3.65. The highest BCUT2D eigenvalue weighted by Crippen LogP contribution is 2.20. The third-order valence-electron chi connectivity index (χ3n) is 2.57. The normalized spacial score (nSPS) is 10.2. The van der Waals surface area contributed by atoms with Crippen LogP contribution < -0.4 is 15.8 Å². The summed E-state index contributed by atoms with van der Waals surface area (Å²) in [5.41, 5.74) is 7.03. The third kappa shape index (κ3) is 3.21. The Morgan fingerprint density at radius 3 is 2.89 bits per heavy atom. The average Bonchev–Trinajstić information content (AvgIpc) is 2.77. The van der Waals surface area contributed by atoms with Crippen LogP contribution in [0.3, 0.4) is 0 Å². The minimum Gasteiger partial charge on any atom is -0.497 e. The Morgan fingerprint density at radius 1 is 1.53 bits per heavy atom. The number of hydrogen-bond donors (Lipinski definition) is 2. The average molecular weight is 261 g/mol. The van der Waals surface area contributed by atoms with Gasteiger partial charge in [0.05, 0.1) is 7.11 Å². The summed E-state index contributed by atoms with van der Waals surface area (Å²) in [4.78, 5) is 15.6. The number of carbonyl (C=O) groups is 1. The molecule has 2 rings (SSSR count). The summed E-state index contributed by atoms with van der Waals surface area (Å²) >= 11 is 0. The fraction of sp³-hybridized carbons (Fsp3) is 0.250. The van der Waals surface area contributed by atoms with E-state index in [1.54, 1.807) is 19.2 Å². The number of nitrogens with one attached hydrogen (secondary N) is 1. The lowest BCUT2D eigenvalue weighted by Gasteiger charge is -2.09. The maximum absolute atomic E-state index is 11.8. The molecule has 2 aromatic rings. The summed E-state index contributed by atoms with van der Waals surface area (Å²) in [6.07, 6.45) is 1.41. The summed E-state index contributed by atoms with van der Waals surface area (Å²) in [6, 6.07) is 5.43. The zero-order valence-electron chi connectivity index (χ0n) is 10.8. The maximum atomic E-state index is 11.8. The number of hydrogen-bond acceptors (Lipinski definition) is 5. The van der Waals surface area contributed by atoms with Gasteiger partial charge in [0.1, 0.15) is 18.6 Å². The third-order valence-corrected chi connectivity index (χ3v) is 2.57. The minimum atomic E-state index is -0.196. The number of carbonyl (C=O) groups excluding carboxylic acids is 1. The second-order valence-corrected chi connectivity index (χ2v) is 4.03. The number of nitrogens with two attached hydrogens (primary N) is 1. The molecule has 0 bridgehead atoms. The summed E-state index contributed by atoms with van der Waals surface area (Å²) in [6.45, 7) is 1.96. The molecule has 0 radical (unpaired) electrons. The topological polar surface area (TPSA) is 95.1 Å². The van der Waals surface area contributed by atoms with Gasteiger partial charge < -0.3 is 15.8 Å². The van der Waals surface area contributed by atoms with Crippen molar-refractivity contribution < 1.29 is 9.53 Å². The molecule has 19 heavy (non-hydrogen) atoms. The van der Waals surface area contributed by atoms with Crippen LogP contribution in [0.25, 0.3) is 0 Å². The van der Waals surface area contributed by atoms with Crippen LogP contribution in [0.15, 0.2) is 24.5 Å². The highest BCUT2D eigenvalue weighted by atomic mass is 16.5. The van der Waals surface area contributed by atoms with Gasteiger partial charge in [-0.2, -0.15) is 0 Å². The number of anilines is 2. The van der Waals surface area contributed by atoms with Crippen LogP contribution in [-0.2, 0) is 11.3 Å². The van der Waals surface area contributed by atoms with Gasteiger partial charge in [-0.15, -0.1) is 5.10 Å². The molecule has 1 heterocycles. The molecule has 7 nitrogen and oxygen atoms in total. The molecular formula is C12H15N5O2. The molecule has 0 aliphatic heterocycles. The van der Waals surface area contributed by atoms with Gasteiger partial charge in [0.15, 0.2) is 0 Å². The monoisotopic (exact) mass is 261 g/mol. The van der Waals surface area contributed by atoms with Crippen molar-refractivity contribution >= 4 is 17.5 Å². The van der Waals surface area contributed by atoms with Crippen LogP contribution in [0.4, 0.5) is 11.6 Å². The van der Waals surface area contributed by atoms with Gasteiger partial charge in [-0.1, -0.05) is 0 Å². The summed E-state index contributed by atoms with van der Waals surface area (Å²) in [5, 5.41) is 6.64. The predicted molar refractivity (Wildman–Crippen MR) is 70.8 cm³/mol. The largest absolute Gasteiger partial charge is 0.497 e. The fourth-order valence-corrected chi connectivity index (χ4v) is 1.63. The van der Waals surface area contributed by atoms with Crippen molar-refractivity contribution in [1.29, 1.82) is 0 Å². The lowest BCUT2D eigenvalue weighted by molar-refractivity contribution is -0.116. The van der Waals surface area contributed by atoms with E-state index in [1.165, 1.54) is 11.0 Å². The molecule has 0 fully saturated rings. The number of methoxy groups -OCH3 is 1. The van der Waals surface area contributed by atoms with Gasteiger partial charge in [-0.05, 0) is 30.7 Å². The van der Waals surface area contributed by atoms with E-state index in [9.17, 15) is 4.79 Å². The lowest BCUT2D eigenvalue weighted by Crippen LogP contribution is -2.19. The molecule has 0 spiro atoms. The highest BCUT2D eigenvalue weighted by Gasteiger charge is 2.07. The first kappa shape index (κ1) is 12.9. The van der Waals surface area contributed by atoms with Crippen LogP contribution in [0.5, 0.6) is 5.75 Å². The Labute approximate surface area is 110 Å². The van der Waals surface area contributed by atoms with Crippen molar-refractivity contribution in [3.8, 4) is 5.75 Å². The summed E-state index contributed by atoms with van der Waals surface area (Å²) in [5.74, 6) is 0.700. The molecule has 0 aliphatic carbocycles. The van der Waals surface area contributed by atoms with Crippen LogP contribution in [-0.4, -0.2) is 27.8 Å². The van der Waals surface area contributed by atoms with E-state index in [0.717, 1.165) is 17.0 Å². The van der Waals surface area contributed by atoms with Gasteiger partial charge in [-0.3, -0.25) is 4.79 Å². The lowest BCUT2D eigenvalue weighted by atomic mass is 10.2. The zero-order chi connectivity index (χ0) is 13.8. The van der Waals surface area contributed by atoms with E-state index in [1.807, 2.05) is 13.0 Å². The maximum Gasteiger partial charge on any atom is 0.246 e. The molecule has 1 amide bonds. The van der Waals surface area contributed by atoms with E-state index in [2.05, 4.69) is 15.4 Å². The van der Waals surface area contributed by atoms with E-state index >= 15 is 0 Å². The molecule has 0 atom stereocenters. The number of aryl methyl sites for hydroxylation is 1. The van der Waals surface area contributed by atoms with Crippen molar-refractivity contribution in [2.75, 3.05) is 18.2 Å². The first-order valence-electron chi connectivity index (χ1n) is 5.68. The van der Waals surface area contributed by atoms with Crippen molar-refractivity contribution in [1.82, 2.24) is 14.8 Å². The van der Waals surface area contributed by atoms with E-state index < -0.39 is 0 Å². The van der Waals surface area contributed by atoms with Crippen molar-refractivity contribution in [2.45, 2.75) is 13.5 Å². The highest BCUT2D eigenvalue weighted by molar-refractivity contribution is 5.91. The number of aromatic nitrogens is 3. The van der Waals surface area contributed by atoms with E-state index in [-0.39, 0.29) is 18.4 Å². The fourth-order valence-electron chi connectivity index (χ4n) is 1.63. The van der Waals surface area contributed by atoms with Gasteiger partial charge >= 0.3 is 0 Å². The van der Waals surface area contributed by atoms with Crippen LogP contribution in [0.1, 0.15) is 5.56 Å². The van der Waals surface area contributed by atoms with Crippen LogP contribution >= 0.6 is 0 Å². The Hall–Kier alpha value is -2.57. The molecule has 0 saturated heterocycles. The van der Waals surface area contributed by atoms with Crippen LogP contribution in [0.2, 0.25) is 0 Å². The van der Waals surface area contributed by atoms with Gasteiger partial charge in [0, 0.05) is 5.69 Å². The standard InChI is InChI=1S/C12H15N5O2/c1-8-5-9(19-2)3-4-10(8)15-11(18)6-17-7-14-12(13)16-17/h3-5,7H,6H2,1-2H3,(H2,13,16)(H,15,18). The van der Waals surface area contributed by atoms with Gasteiger partial charge in [0.25, 0.3) is 0 Å². The molecule has 100 valence electrons. The van der Waals surface area contributed by atoms with Crippen LogP contribution in [0, 0.1) is 6.92 Å². The molecule has 1 aromatic carbocycles. The van der Waals surface area contributed by atoms with Crippen molar-refractivity contribution in [3.63, 3.8) is 0 Å². The smallest absolute Gasteiger partial charge is 0.246 e. The summed E-state index contributed by atoms with van der Waals surface area (Å²) in [7, 11) is 1.60.